The van der Waals surface area contributed by atoms with Crippen molar-refractivity contribution >= 4 is 7.82 Å². The van der Waals surface area contributed by atoms with E-state index in [4.69, 9.17) is 15.5 Å². The molecule has 0 bridgehead atoms. The molecule has 0 amide bonds. The van der Waals surface area contributed by atoms with Crippen LogP contribution >= 0.6 is 7.82 Å². The Morgan fingerprint density at radius 2 is 1.47 bits per heavy atom. The zero-order valence-corrected chi connectivity index (χ0v) is 20.4. The maximum absolute atomic E-state index is 10.5. The van der Waals surface area contributed by atoms with E-state index in [1.807, 2.05) is 6.07 Å². The van der Waals surface area contributed by atoms with Crippen molar-refractivity contribution < 1.29 is 18.9 Å². The molecule has 176 valence electrons. The number of hydrogen-bond acceptors (Lipinski definition) is 3. The van der Waals surface area contributed by atoms with Gasteiger partial charge in [0.05, 0.1) is 6.61 Å². The van der Waals surface area contributed by atoms with Gasteiger partial charge in [-0.3, -0.25) is 4.52 Å². The fraction of sp³-hybridized carbons (Fsp3) is 0.750. The van der Waals surface area contributed by atoms with Gasteiger partial charge in [-0.2, -0.15) is 0 Å². The second kappa shape index (κ2) is 17.9. The Morgan fingerprint density at radius 1 is 0.900 bits per heavy atom. The standard InChI is InChI=1S/C16H27O4P.C8H19N/c1-16(2,14-15-10-6-5-7-11-15)12-8-3-4-9-13-20-21(17,18)19;1-2-3-4-5-6-7-8-9/h5-7,10-11H,3-4,8-9,12-14H2,1-2H3,(H2,17,18,19);2-9H2,1H3. The van der Waals surface area contributed by atoms with E-state index in [1.54, 1.807) is 0 Å². The van der Waals surface area contributed by atoms with Crippen molar-refractivity contribution in [1.82, 2.24) is 0 Å². The fourth-order valence-electron chi connectivity index (χ4n) is 3.40. The average molecular weight is 444 g/mol. The Morgan fingerprint density at radius 3 is 2.07 bits per heavy atom. The van der Waals surface area contributed by atoms with Gasteiger partial charge in [0.2, 0.25) is 0 Å². The van der Waals surface area contributed by atoms with Crippen LogP contribution in [0.1, 0.15) is 97.0 Å². The van der Waals surface area contributed by atoms with Crippen LogP contribution in [0, 0.1) is 5.41 Å². The van der Waals surface area contributed by atoms with Crippen LogP contribution in [0.15, 0.2) is 30.3 Å². The first-order valence-electron chi connectivity index (χ1n) is 11.6. The van der Waals surface area contributed by atoms with Crippen molar-refractivity contribution in [3.8, 4) is 0 Å². The van der Waals surface area contributed by atoms with Gasteiger partial charge in [-0.15, -0.1) is 0 Å². The van der Waals surface area contributed by atoms with E-state index in [2.05, 4.69) is 49.6 Å². The van der Waals surface area contributed by atoms with E-state index < -0.39 is 7.82 Å². The molecule has 0 fully saturated rings. The molecular formula is C24H46NO4P. The minimum atomic E-state index is -4.29. The third-order valence-corrected chi connectivity index (χ3v) is 5.61. The molecule has 1 aromatic carbocycles. The molecule has 0 radical (unpaired) electrons. The molecule has 1 aromatic rings. The lowest BCUT2D eigenvalue weighted by Gasteiger charge is -2.24. The summed E-state index contributed by atoms with van der Waals surface area (Å²) >= 11 is 0. The first-order valence-corrected chi connectivity index (χ1v) is 13.2. The van der Waals surface area contributed by atoms with Gasteiger partial charge in [0, 0.05) is 0 Å². The number of hydrogen-bond donors (Lipinski definition) is 3. The van der Waals surface area contributed by atoms with Gasteiger partial charge in [-0.25, -0.2) is 4.57 Å². The summed E-state index contributed by atoms with van der Waals surface area (Å²) in [5.41, 5.74) is 7.00. The Balaban J connectivity index is 0.000000787. The van der Waals surface area contributed by atoms with Gasteiger partial charge in [0.1, 0.15) is 0 Å². The van der Waals surface area contributed by atoms with E-state index in [0.717, 1.165) is 38.6 Å². The molecule has 0 aliphatic carbocycles. The Kier molecular flexibility index (Phi) is 17.5. The topological polar surface area (TPSA) is 92.8 Å². The van der Waals surface area contributed by atoms with E-state index >= 15 is 0 Å². The smallest absolute Gasteiger partial charge is 0.330 e. The minimum Gasteiger partial charge on any atom is -0.330 e. The van der Waals surface area contributed by atoms with Gasteiger partial charge >= 0.3 is 7.82 Å². The van der Waals surface area contributed by atoms with Gasteiger partial charge in [0.25, 0.3) is 0 Å². The lowest BCUT2D eigenvalue weighted by molar-refractivity contribution is 0.193. The summed E-state index contributed by atoms with van der Waals surface area (Å²) in [5, 5.41) is 0. The second-order valence-corrected chi connectivity index (χ2v) is 10.1. The summed E-state index contributed by atoms with van der Waals surface area (Å²) in [6.45, 7) is 7.82. The van der Waals surface area contributed by atoms with Gasteiger partial charge in [-0.05, 0) is 43.2 Å². The molecule has 0 aliphatic heterocycles. The van der Waals surface area contributed by atoms with Crippen LogP contribution in [0.25, 0.3) is 0 Å². The second-order valence-electron chi connectivity index (χ2n) is 8.87. The summed E-state index contributed by atoms with van der Waals surface area (Å²) in [6, 6.07) is 10.5. The molecular weight excluding hydrogens is 397 g/mol. The number of unbranched alkanes of at least 4 members (excludes halogenated alkanes) is 8. The quantitative estimate of drug-likeness (QED) is 0.197. The highest BCUT2D eigenvalue weighted by Crippen LogP contribution is 2.36. The zero-order valence-electron chi connectivity index (χ0n) is 19.5. The van der Waals surface area contributed by atoms with Crippen molar-refractivity contribution in [1.29, 1.82) is 0 Å². The van der Waals surface area contributed by atoms with Crippen molar-refractivity contribution in [2.24, 2.45) is 11.1 Å². The molecule has 5 nitrogen and oxygen atoms in total. The highest BCUT2D eigenvalue weighted by Gasteiger charge is 2.18. The Hall–Kier alpha value is -0.710. The molecule has 0 atom stereocenters. The summed E-state index contributed by atoms with van der Waals surface area (Å²) in [4.78, 5) is 17.1. The van der Waals surface area contributed by atoms with Crippen molar-refractivity contribution in [2.45, 2.75) is 97.8 Å². The maximum atomic E-state index is 10.5. The van der Waals surface area contributed by atoms with Gasteiger partial charge < -0.3 is 15.5 Å². The van der Waals surface area contributed by atoms with Crippen LogP contribution in [-0.2, 0) is 15.5 Å². The molecule has 0 heterocycles. The summed E-state index contributed by atoms with van der Waals surface area (Å²) in [5.74, 6) is 0. The van der Waals surface area contributed by atoms with E-state index in [0.29, 0.717) is 6.42 Å². The zero-order chi connectivity index (χ0) is 22.7. The monoisotopic (exact) mass is 443 g/mol. The number of phosphoric acid groups is 1. The molecule has 1 rings (SSSR count). The first-order chi connectivity index (χ1) is 14.2. The maximum Gasteiger partial charge on any atom is 0.469 e. The molecule has 0 saturated carbocycles. The highest BCUT2D eigenvalue weighted by molar-refractivity contribution is 7.46. The van der Waals surface area contributed by atoms with Gasteiger partial charge in [0.15, 0.2) is 0 Å². The van der Waals surface area contributed by atoms with Crippen molar-refractivity contribution in [2.75, 3.05) is 13.2 Å². The predicted molar refractivity (Wildman–Crippen MR) is 127 cm³/mol. The van der Waals surface area contributed by atoms with Gasteiger partial charge in [-0.1, -0.05) is 102 Å². The number of rotatable bonds is 16. The molecule has 0 spiro atoms. The first kappa shape index (κ1) is 29.3. The normalized spacial score (nSPS) is 11.8. The molecule has 0 saturated heterocycles. The number of benzene rings is 1. The van der Waals surface area contributed by atoms with Crippen LogP contribution in [-0.4, -0.2) is 22.9 Å². The van der Waals surface area contributed by atoms with E-state index in [9.17, 15) is 4.57 Å². The van der Waals surface area contributed by atoms with Crippen LogP contribution in [0.4, 0.5) is 0 Å². The highest BCUT2D eigenvalue weighted by atomic mass is 31.2. The lowest BCUT2D eigenvalue weighted by Crippen LogP contribution is -2.14. The molecule has 0 aromatic heterocycles. The van der Waals surface area contributed by atoms with Crippen LogP contribution in [0.3, 0.4) is 0 Å². The molecule has 0 unspecified atom stereocenters. The van der Waals surface area contributed by atoms with Crippen LogP contribution in [0.2, 0.25) is 0 Å². The fourth-order valence-corrected chi connectivity index (χ4v) is 3.77. The van der Waals surface area contributed by atoms with E-state index in [1.165, 1.54) is 44.1 Å². The lowest BCUT2D eigenvalue weighted by atomic mass is 9.81. The van der Waals surface area contributed by atoms with Crippen molar-refractivity contribution in [3.63, 3.8) is 0 Å². The summed E-state index contributed by atoms with van der Waals surface area (Å²) < 4.78 is 14.9. The molecule has 6 heteroatoms. The number of phosphoric ester groups is 1. The summed E-state index contributed by atoms with van der Waals surface area (Å²) in [7, 11) is -4.29. The predicted octanol–water partition coefficient (Wildman–Crippen LogP) is 6.62. The summed E-state index contributed by atoms with van der Waals surface area (Å²) in [6.07, 6.45) is 14.1. The van der Waals surface area contributed by atoms with Crippen molar-refractivity contribution in [3.05, 3.63) is 35.9 Å². The SMILES string of the molecule is CC(C)(CCCCCCOP(=O)(O)O)Cc1ccccc1.CCCCCCCCN. The van der Waals surface area contributed by atoms with Crippen LogP contribution < -0.4 is 5.73 Å². The molecule has 30 heavy (non-hydrogen) atoms. The largest absolute Gasteiger partial charge is 0.469 e. The Labute approximate surface area is 185 Å². The Bertz CT molecular complexity index is 539. The van der Waals surface area contributed by atoms with E-state index in [-0.39, 0.29) is 12.0 Å². The average Bonchev–Trinajstić information content (AvgIpc) is 2.67. The molecule has 0 aliphatic rings. The number of nitrogens with two attached hydrogens (primary N) is 1. The third-order valence-electron chi connectivity index (χ3n) is 5.09. The van der Waals surface area contributed by atoms with Crippen LogP contribution in [0.5, 0.6) is 0 Å². The minimum absolute atomic E-state index is 0.137. The molecule has 4 N–H and O–H groups in total. The third kappa shape index (κ3) is 20.6.